The number of nitrogens with one attached hydrogen (secondary N) is 2. The largest absolute Gasteiger partial charge is 0.459 e. The van der Waals surface area contributed by atoms with Crippen LogP contribution in [0.3, 0.4) is 0 Å². The molecule has 1 aromatic carbocycles. The number of hydrogen-bond acceptors (Lipinski definition) is 4. The number of carbonyl (C=O) groups excluding carboxylic acids is 2. The van der Waals surface area contributed by atoms with Crippen LogP contribution in [0.2, 0.25) is 5.02 Å². The predicted molar refractivity (Wildman–Crippen MR) is 96.7 cm³/mol. The Morgan fingerprint density at radius 1 is 1.15 bits per heavy atom. The average molecular weight is 373 g/mol. The zero-order valence-corrected chi connectivity index (χ0v) is 14.8. The van der Waals surface area contributed by atoms with E-state index in [0.29, 0.717) is 16.3 Å². The van der Waals surface area contributed by atoms with Crippen molar-refractivity contribution in [2.24, 2.45) is 0 Å². The molecule has 0 atom stereocenters. The minimum atomic E-state index is -0.325. The third-order valence-electron chi connectivity index (χ3n) is 3.75. The van der Waals surface area contributed by atoms with Crippen LogP contribution in [0.25, 0.3) is 5.69 Å². The lowest BCUT2D eigenvalue weighted by atomic mass is 10.2. The zero-order chi connectivity index (χ0) is 18.5. The van der Waals surface area contributed by atoms with Crippen molar-refractivity contribution in [3.05, 3.63) is 70.9 Å². The summed E-state index contributed by atoms with van der Waals surface area (Å²) in [4.78, 5) is 24.0. The van der Waals surface area contributed by atoms with Gasteiger partial charge in [-0.3, -0.25) is 9.59 Å². The van der Waals surface area contributed by atoms with E-state index in [1.807, 2.05) is 19.1 Å². The van der Waals surface area contributed by atoms with Gasteiger partial charge in [-0.25, -0.2) is 4.68 Å². The molecule has 2 amide bonds. The minimum Gasteiger partial charge on any atom is -0.459 e. The number of nitrogens with zero attached hydrogens (tertiary/aromatic N) is 2. The van der Waals surface area contributed by atoms with Gasteiger partial charge in [-0.2, -0.15) is 5.10 Å². The first-order valence-electron chi connectivity index (χ1n) is 7.96. The van der Waals surface area contributed by atoms with Crippen molar-refractivity contribution in [3.63, 3.8) is 0 Å². The first kappa shape index (κ1) is 17.8. The van der Waals surface area contributed by atoms with Gasteiger partial charge < -0.3 is 15.1 Å². The molecule has 0 saturated carbocycles. The van der Waals surface area contributed by atoms with Crippen LogP contribution < -0.4 is 10.6 Å². The Morgan fingerprint density at radius 3 is 2.62 bits per heavy atom. The summed E-state index contributed by atoms with van der Waals surface area (Å²) in [6, 6.07) is 10.4. The molecule has 0 spiro atoms. The van der Waals surface area contributed by atoms with Gasteiger partial charge in [0.25, 0.3) is 11.8 Å². The van der Waals surface area contributed by atoms with Gasteiger partial charge in [-0.05, 0) is 37.3 Å². The first-order valence-corrected chi connectivity index (χ1v) is 8.34. The fourth-order valence-corrected chi connectivity index (χ4v) is 2.63. The molecule has 0 aliphatic heterocycles. The zero-order valence-electron chi connectivity index (χ0n) is 14.0. The van der Waals surface area contributed by atoms with Crippen LogP contribution in [0.15, 0.2) is 53.3 Å². The molecule has 2 aromatic heterocycles. The molecule has 7 nitrogen and oxygen atoms in total. The predicted octanol–water partition coefficient (Wildman–Crippen LogP) is 2.59. The Hall–Kier alpha value is -3.06. The maximum absolute atomic E-state index is 12.3. The molecule has 3 aromatic rings. The fourth-order valence-electron chi connectivity index (χ4n) is 2.44. The number of rotatable bonds is 6. The molecule has 2 heterocycles. The van der Waals surface area contributed by atoms with Crippen LogP contribution in [-0.4, -0.2) is 34.7 Å². The highest BCUT2D eigenvalue weighted by molar-refractivity contribution is 6.30. The summed E-state index contributed by atoms with van der Waals surface area (Å²) in [5.74, 6) is -0.354. The Bertz CT molecular complexity index is 918. The molecule has 0 unspecified atom stereocenters. The van der Waals surface area contributed by atoms with Crippen LogP contribution in [0, 0.1) is 6.92 Å². The Morgan fingerprint density at radius 2 is 1.92 bits per heavy atom. The van der Waals surface area contributed by atoms with Gasteiger partial charge in [0.15, 0.2) is 5.76 Å². The van der Waals surface area contributed by atoms with Crippen molar-refractivity contribution in [2.75, 3.05) is 13.1 Å². The molecule has 0 aliphatic rings. The fraction of sp³-hybridized carbons (Fsp3) is 0.167. The molecule has 0 bridgehead atoms. The van der Waals surface area contributed by atoms with E-state index in [4.69, 9.17) is 16.0 Å². The third kappa shape index (κ3) is 3.94. The molecule has 134 valence electrons. The van der Waals surface area contributed by atoms with E-state index >= 15 is 0 Å². The number of amides is 2. The molecule has 0 radical (unpaired) electrons. The number of furan rings is 1. The number of carbonyl (C=O) groups is 2. The molecular formula is C18H17ClN4O3. The number of hydrogen-bond donors (Lipinski definition) is 2. The quantitative estimate of drug-likeness (QED) is 0.651. The lowest BCUT2D eigenvalue weighted by molar-refractivity contribution is 0.0910. The van der Waals surface area contributed by atoms with Crippen LogP contribution in [-0.2, 0) is 0 Å². The molecule has 0 fully saturated rings. The molecule has 26 heavy (non-hydrogen) atoms. The highest BCUT2D eigenvalue weighted by Gasteiger charge is 2.15. The van der Waals surface area contributed by atoms with Gasteiger partial charge in [0.05, 0.1) is 29.4 Å². The molecular weight excluding hydrogens is 356 g/mol. The summed E-state index contributed by atoms with van der Waals surface area (Å²) in [7, 11) is 0. The normalized spacial score (nSPS) is 10.5. The smallest absolute Gasteiger partial charge is 0.287 e. The summed E-state index contributed by atoms with van der Waals surface area (Å²) in [6.45, 7) is 2.38. The van der Waals surface area contributed by atoms with E-state index in [1.54, 1.807) is 28.9 Å². The summed E-state index contributed by atoms with van der Waals surface area (Å²) in [5, 5.41) is 10.3. The van der Waals surface area contributed by atoms with E-state index in [0.717, 1.165) is 5.69 Å². The summed E-state index contributed by atoms with van der Waals surface area (Å²) >= 11 is 6.00. The average Bonchev–Trinajstić information content (AvgIpc) is 3.28. The van der Waals surface area contributed by atoms with Gasteiger partial charge in [0.1, 0.15) is 0 Å². The van der Waals surface area contributed by atoms with Crippen molar-refractivity contribution in [1.29, 1.82) is 0 Å². The number of benzene rings is 1. The number of aromatic nitrogens is 2. The van der Waals surface area contributed by atoms with Crippen molar-refractivity contribution >= 4 is 23.4 Å². The SMILES string of the molecule is Cc1c(C(=O)NCCNC(=O)c2ccco2)cnn1-c1cccc(Cl)c1. The Kier molecular flexibility index (Phi) is 5.38. The Balaban J connectivity index is 1.56. The van der Waals surface area contributed by atoms with Gasteiger partial charge in [-0.15, -0.1) is 0 Å². The summed E-state index contributed by atoms with van der Waals surface area (Å²) in [6.07, 6.45) is 2.93. The Labute approximate surface area is 154 Å². The maximum atomic E-state index is 12.3. The monoisotopic (exact) mass is 372 g/mol. The van der Waals surface area contributed by atoms with Crippen LogP contribution in [0.1, 0.15) is 26.6 Å². The molecule has 0 saturated heterocycles. The number of halogens is 1. The van der Waals surface area contributed by atoms with Crippen LogP contribution in [0.5, 0.6) is 0 Å². The topological polar surface area (TPSA) is 89.2 Å². The van der Waals surface area contributed by atoms with Crippen molar-refractivity contribution in [1.82, 2.24) is 20.4 Å². The highest BCUT2D eigenvalue weighted by Crippen LogP contribution is 2.17. The van der Waals surface area contributed by atoms with E-state index in [1.165, 1.54) is 12.5 Å². The molecule has 3 rings (SSSR count). The van der Waals surface area contributed by atoms with Gasteiger partial charge in [0, 0.05) is 18.1 Å². The minimum absolute atomic E-state index is 0.231. The molecule has 2 N–H and O–H groups in total. The van der Waals surface area contributed by atoms with E-state index < -0.39 is 0 Å². The second-order valence-electron chi connectivity index (χ2n) is 5.52. The van der Waals surface area contributed by atoms with Crippen LogP contribution in [0.4, 0.5) is 0 Å². The van der Waals surface area contributed by atoms with Crippen molar-refractivity contribution in [3.8, 4) is 5.69 Å². The lowest BCUT2D eigenvalue weighted by Crippen LogP contribution is -2.34. The third-order valence-corrected chi connectivity index (χ3v) is 3.98. The second-order valence-corrected chi connectivity index (χ2v) is 5.96. The standard InChI is InChI=1S/C18H17ClN4O3/c1-12-15(11-22-23(12)14-5-2-4-13(19)10-14)17(24)20-7-8-21-18(25)16-6-3-9-26-16/h2-6,9-11H,7-8H2,1H3,(H,20,24)(H,21,25). The van der Waals surface area contributed by atoms with Gasteiger partial charge in [-0.1, -0.05) is 17.7 Å². The molecule has 0 aliphatic carbocycles. The lowest BCUT2D eigenvalue weighted by Gasteiger charge is -2.07. The highest BCUT2D eigenvalue weighted by atomic mass is 35.5. The summed E-state index contributed by atoms with van der Waals surface area (Å²) in [5.41, 5.74) is 1.94. The van der Waals surface area contributed by atoms with E-state index in [-0.39, 0.29) is 30.7 Å². The maximum Gasteiger partial charge on any atom is 0.287 e. The first-order chi connectivity index (χ1) is 12.6. The van der Waals surface area contributed by atoms with Crippen molar-refractivity contribution in [2.45, 2.75) is 6.92 Å². The summed E-state index contributed by atoms with van der Waals surface area (Å²) < 4.78 is 6.64. The van der Waals surface area contributed by atoms with Crippen LogP contribution >= 0.6 is 11.6 Å². The van der Waals surface area contributed by atoms with E-state index in [9.17, 15) is 9.59 Å². The van der Waals surface area contributed by atoms with Gasteiger partial charge in [0.2, 0.25) is 0 Å². The molecule has 8 heteroatoms. The van der Waals surface area contributed by atoms with E-state index in [2.05, 4.69) is 15.7 Å². The van der Waals surface area contributed by atoms with Gasteiger partial charge >= 0.3 is 0 Å². The van der Waals surface area contributed by atoms with Crippen molar-refractivity contribution < 1.29 is 14.0 Å². The second kappa shape index (κ2) is 7.88.